The largest absolute Gasteiger partial charge is 0.393 e. The third-order valence-electron chi connectivity index (χ3n) is 2.37. The maximum absolute atomic E-state index is 9.57. The second-order valence-corrected chi connectivity index (χ2v) is 4.60. The Morgan fingerprint density at radius 1 is 1.29 bits per heavy atom. The first kappa shape index (κ1) is 16.4. The number of nitrogens with one attached hydrogen (secondary N) is 1. The molecule has 0 saturated carbocycles. The van der Waals surface area contributed by atoms with Crippen LogP contribution in [-0.2, 0) is 9.57 Å². The van der Waals surface area contributed by atoms with Crippen LogP contribution in [0.1, 0.15) is 27.7 Å². The van der Waals surface area contributed by atoms with Crippen LogP contribution >= 0.6 is 0 Å². The van der Waals surface area contributed by atoms with Crippen LogP contribution in [0, 0.1) is 5.92 Å². The van der Waals surface area contributed by atoms with Crippen molar-refractivity contribution in [2.24, 2.45) is 11.1 Å². The third-order valence-corrected chi connectivity index (χ3v) is 2.37. The summed E-state index contributed by atoms with van der Waals surface area (Å²) in [5.41, 5.74) is 0.871. The molecule has 0 radical (unpaired) electrons. The van der Waals surface area contributed by atoms with E-state index >= 15 is 0 Å². The Kier molecular flexibility index (Phi) is 9.03. The van der Waals surface area contributed by atoms with Gasteiger partial charge in [-0.1, -0.05) is 25.9 Å². The molecule has 0 aromatic heterocycles. The average Bonchev–Trinajstić information content (AvgIpc) is 2.26. The van der Waals surface area contributed by atoms with E-state index in [0.717, 1.165) is 5.71 Å². The van der Waals surface area contributed by atoms with E-state index in [2.05, 4.69) is 10.5 Å². The Morgan fingerprint density at radius 2 is 1.94 bits per heavy atom. The van der Waals surface area contributed by atoms with E-state index in [4.69, 9.17) is 9.57 Å². The summed E-state index contributed by atoms with van der Waals surface area (Å²) < 4.78 is 5.02. The minimum absolute atomic E-state index is 0.205. The van der Waals surface area contributed by atoms with Gasteiger partial charge in [-0.25, -0.2) is 0 Å². The third kappa shape index (κ3) is 9.09. The molecule has 0 fully saturated rings. The second-order valence-electron chi connectivity index (χ2n) is 4.60. The van der Waals surface area contributed by atoms with Crippen molar-refractivity contribution in [2.45, 2.75) is 39.8 Å². The number of nitrogens with zero attached hydrogens (tertiary/aromatic N) is 1. The Labute approximate surface area is 104 Å². The first-order chi connectivity index (χ1) is 7.97. The zero-order valence-electron chi connectivity index (χ0n) is 11.6. The van der Waals surface area contributed by atoms with Crippen LogP contribution in [0.15, 0.2) is 5.16 Å². The molecule has 0 heterocycles. The Morgan fingerprint density at radius 3 is 2.47 bits per heavy atom. The van der Waals surface area contributed by atoms with E-state index in [0.29, 0.717) is 19.2 Å². The van der Waals surface area contributed by atoms with Crippen LogP contribution in [0.5, 0.6) is 0 Å². The molecule has 0 rings (SSSR count). The molecule has 0 saturated heterocycles. The van der Waals surface area contributed by atoms with Gasteiger partial charge in [-0.15, -0.1) is 0 Å². The predicted octanol–water partition coefficient (Wildman–Crippen LogP) is 1.02. The van der Waals surface area contributed by atoms with Crippen LogP contribution in [0.2, 0.25) is 0 Å². The van der Waals surface area contributed by atoms with Gasteiger partial charge in [0, 0.05) is 25.6 Å². The van der Waals surface area contributed by atoms with Gasteiger partial charge < -0.3 is 20.0 Å². The zero-order valence-corrected chi connectivity index (χ0v) is 11.6. The van der Waals surface area contributed by atoms with Crippen molar-refractivity contribution < 1.29 is 14.7 Å². The van der Waals surface area contributed by atoms with Crippen molar-refractivity contribution in [2.75, 3.05) is 26.9 Å². The van der Waals surface area contributed by atoms with E-state index in [9.17, 15) is 5.11 Å². The van der Waals surface area contributed by atoms with Crippen LogP contribution in [0.25, 0.3) is 0 Å². The van der Waals surface area contributed by atoms with Crippen LogP contribution in [-0.4, -0.2) is 49.8 Å². The topological polar surface area (TPSA) is 63.1 Å². The molecule has 2 atom stereocenters. The van der Waals surface area contributed by atoms with Crippen LogP contribution in [0.4, 0.5) is 0 Å². The highest BCUT2D eigenvalue weighted by molar-refractivity contribution is 5.83. The number of aliphatic hydroxyl groups is 1. The van der Waals surface area contributed by atoms with E-state index in [1.165, 1.54) is 0 Å². The summed E-state index contributed by atoms with van der Waals surface area (Å²) in [6.45, 7) is 9.31. The Balaban J connectivity index is 3.76. The smallest absolute Gasteiger partial charge is 0.144 e. The number of hydrogen-bond acceptors (Lipinski definition) is 5. The first-order valence-corrected chi connectivity index (χ1v) is 6.04. The first-order valence-electron chi connectivity index (χ1n) is 6.04. The summed E-state index contributed by atoms with van der Waals surface area (Å²) in [6.07, 6.45) is -0.535. The quantitative estimate of drug-likeness (QED) is 0.471. The molecule has 5 nitrogen and oxygen atoms in total. The summed E-state index contributed by atoms with van der Waals surface area (Å²) in [6, 6.07) is 0.358. The maximum Gasteiger partial charge on any atom is 0.144 e. The highest BCUT2D eigenvalue weighted by Crippen LogP contribution is 2.00. The van der Waals surface area contributed by atoms with Crippen molar-refractivity contribution in [1.82, 2.24) is 5.32 Å². The van der Waals surface area contributed by atoms with Gasteiger partial charge in [0.05, 0.1) is 12.3 Å². The lowest BCUT2D eigenvalue weighted by Gasteiger charge is -2.14. The molecule has 17 heavy (non-hydrogen) atoms. The number of rotatable bonds is 9. The molecular formula is C12H26N2O3. The fourth-order valence-electron chi connectivity index (χ4n) is 1.12. The van der Waals surface area contributed by atoms with E-state index in [1.54, 1.807) is 7.11 Å². The molecule has 0 bridgehead atoms. The molecule has 0 aliphatic carbocycles. The molecule has 5 heteroatoms. The van der Waals surface area contributed by atoms with Crippen molar-refractivity contribution >= 4 is 5.71 Å². The monoisotopic (exact) mass is 246 g/mol. The van der Waals surface area contributed by atoms with Gasteiger partial charge in [0.25, 0.3) is 0 Å². The normalized spacial score (nSPS) is 16.1. The van der Waals surface area contributed by atoms with Gasteiger partial charge in [-0.05, 0) is 6.92 Å². The zero-order chi connectivity index (χ0) is 13.3. The van der Waals surface area contributed by atoms with E-state index in [-0.39, 0.29) is 12.5 Å². The molecule has 0 aliphatic heterocycles. The molecule has 0 aliphatic rings. The number of oxime groups is 1. The summed E-state index contributed by atoms with van der Waals surface area (Å²) in [5, 5.41) is 16.7. The van der Waals surface area contributed by atoms with Crippen molar-refractivity contribution in [3.63, 3.8) is 0 Å². The summed E-state index contributed by atoms with van der Waals surface area (Å²) in [5.74, 6) is 0.228. The fraction of sp³-hybridized carbons (Fsp3) is 0.917. The Hall–Kier alpha value is -0.650. The van der Waals surface area contributed by atoms with Gasteiger partial charge in [0.1, 0.15) is 12.7 Å². The number of aliphatic hydroxyl groups excluding tert-OH is 1. The molecule has 0 aromatic carbocycles. The highest BCUT2D eigenvalue weighted by atomic mass is 16.6. The summed E-state index contributed by atoms with van der Waals surface area (Å²) in [7, 11) is 1.66. The lowest BCUT2D eigenvalue weighted by Crippen LogP contribution is -2.34. The SMILES string of the molecule is COCC(C)/C(C)=N/OCC(O)CNC(C)C. The molecule has 0 aromatic rings. The van der Waals surface area contributed by atoms with Gasteiger partial charge in [-0.3, -0.25) is 0 Å². The van der Waals surface area contributed by atoms with E-state index in [1.807, 2.05) is 27.7 Å². The van der Waals surface area contributed by atoms with E-state index < -0.39 is 6.10 Å². The summed E-state index contributed by atoms with van der Waals surface area (Å²) >= 11 is 0. The average molecular weight is 246 g/mol. The van der Waals surface area contributed by atoms with Gasteiger partial charge >= 0.3 is 0 Å². The summed E-state index contributed by atoms with van der Waals surface area (Å²) in [4.78, 5) is 5.10. The van der Waals surface area contributed by atoms with Crippen LogP contribution < -0.4 is 5.32 Å². The molecule has 102 valence electrons. The number of ether oxygens (including phenoxy) is 1. The minimum Gasteiger partial charge on any atom is -0.393 e. The number of methoxy groups -OCH3 is 1. The van der Waals surface area contributed by atoms with Crippen molar-refractivity contribution in [1.29, 1.82) is 0 Å². The van der Waals surface area contributed by atoms with Crippen molar-refractivity contribution in [3.05, 3.63) is 0 Å². The van der Waals surface area contributed by atoms with Crippen molar-refractivity contribution in [3.8, 4) is 0 Å². The molecule has 0 spiro atoms. The molecule has 2 unspecified atom stereocenters. The molecular weight excluding hydrogens is 220 g/mol. The second kappa shape index (κ2) is 9.39. The minimum atomic E-state index is -0.535. The molecule has 2 N–H and O–H groups in total. The van der Waals surface area contributed by atoms with Gasteiger partial charge in [0.15, 0.2) is 0 Å². The number of hydrogen-bond donors (Lipinski definition) is 2. The Bertz CT molecular complexity index is 220. The lowest BCUT2D eigenvalue weighted by molar-refractivity contribution is 0.0383. The van der Waals surface area contributed by atoms with Gasteiger partial charge in [-0.2, -0.15) is 0 Å². The standard InChI is InChI=1S/C12H26N2O3/c1-9(2)13-6-12(15)8-17-14-11(4)10(3)7-16-5/h9-10,12-13,15H,6-8H2,1-5H3/b14-11+. The lowest BCUT2D eigenvalue weighted by atomic mass is 10.1. The van der Waals surface area contributed by atoms with Gasteiger partial charge in [0.2, 0.25) is 0 Å². The molecule has 0 amide bonds. The fourth-order valence-corrected chi connectivity index (χ4v) is 1.12. The highest BCUT2D eigenvalue weighted by Gasteiger charge is 2.08. The van der Waals surface area contributed by atoms with Crippen LogP contribution in [0.3, 0.4) is 0 Å². The predicted molar refractivity (Wildman–Crippen MR) is 69.2 cm³/mol. The maximum atomic E-state index is 9.57.